The second-order valence-corrected chi connectivity index (χ2v) is 6.76. The molecule has 0 radical (unpaired) electrons. The number of rotatable bonds is 8. The molecular weight excluding hydrogens is 322 g/mol. The van der Waals surface area contributed by atoms with Gasteiger partial charge in [-0.15, -0.1) is 11.3 Å². The lowest BCUT2D eigenvalue weighted by atomic mass is 10.1. The van der Waals surface area contributed by atoms with Crippen molar-refractivity contribution >= 4 is 17.4 Å². The van der Waals surface area contributed by atoms with Crippen LogP contribution in [0.5, 0.6) is 0 Å². The molecule has 0 aliphatic carbocycles. The van der Waals surface area contributed by atoms with Crippen LogP contribution < -0.4 is 10.6 Å². The number of nitrogens with one attached hydrogen (secondary N) is 2. The molecule has 5 nitrogen and oxygen atoms in total. The highest BCUT2D eigenvalue weighted by Crippen LogP contribution is 2.18. The molecule has 1 aromatic carbocycles. The first-order valence-corrected chi connectivity index (χ1v) is 9.09. The number of hydrogen-bond donors (Lipinski definition) is 2. The Kier molecular flexibility index (Phi) is 7.21. The standard InChI is InChI=1S/C18H25N3O2S/c1-4-16(17-19-8-9-24-17)21-18(22)20-11-14-6-5-7-15(10-14)12-23-13(2)3/h5-10,13,16H,4,11-12H2,1-3H3,(H2,20,21,22)/t16-/m0/s1. The Labute approximate surface area is 147 Å². The molecule has 0 unspecified atom stereocenters. The van der Waals surface area contributed by atoms with Crippen molar-refractivity contribution in [2.45, 2.75) is 52.5 Å². The number of thiazole rings is 1. The Morgan fingerprint density at radius 3 is 2.79 bits per heavy atom. The van der Waals surface area contributed by atoms with Crippen LogP contribution >= 0.6 is 11.3 Å². The smallest absolute Gasteiger partial charge is 0.315 e. The van der Waals surface area contributed by atoms with E-state index in [2.05, 4.69) is 21.7 Å². The number of carbonyl (C=O) groups excluding carboxylic acids is 1. The summed E-state index contributed by atoms with van der Waals surface area (Å²) in [7, 11) is 0. The van der Waals surface area contributed by atoms with E-state index in [9.17, 15) is 4.79 Å². The van der Waals surface area contributed by atoms with Crippen molar-refractivity contribution in [3.05, 3.63) is 52.0 Å². The molecule has 0 spiro atoms. The minimum Gasteiger partial charge on any atom is -0.374 e. The van der Waals surface area contributed by atoms with Gasteiger partial charge in [-0.1, -0.05) is 31.2 Å². The molecular formula is C18H25N3O2S. The van der Waals surface area contributed by atoms with Crippen LogP contribution in [0.15, 0.2) is 35.8 Å². The number of amides is 2. The van der Waals surface area contributed by atoms with Crippen molar-refractivity contribution in [1.82, 2.24) is 15.6 Å². The van der Waals surface area contributed by atoms with E-state index in [0.29, 0.717) is 13.2 Å². The van der Waals surface area contributed by atoms with Crippen molar-refractivity contribution < 1.29 is 9.53 Å². The highest BCUT2D eigenvalue weighted by molar-refractivity contribution is 7.09. The lowest BCUT2D eigenvalue weighted by Gasteiger charge is -2.15. The molecule has 24 heavy (non-hydrogen) atoms. The Morgan fingerprint density at radius 2 is 2.12 bits per heavy atom. The van der Waals surface area contributed by atoms with E-state index in [0.717, 1.165) is 22.6 Å². The number of nitrogens with zero attached hydrogens (tertiary/aromatic N) is 1. The summed E-state index contributed by atoms with van der Waals surface area (Å²) in [6.07, 6.45) is 2.77. The zero-order valence-corrected chi connectivity index (χ0v) is 15.2. The van der Waals surface area contributed by atoms with Gasteiger partial charge in [-0.25, -0.2) is 9.78 Å². The van der Waals surface area contributed by atoms with E-state index >= 15 is 0 Å². The van der Waals surface area contributed by atoms with Gasteiger partial charge >= 0.3 is 6.03 Å². The fraction of sp³-hybridized carbons (Fsp3) is 0.444. The highest BCUT2D eigenvalue weighted by Gasteiger charge is 2.14. The molecule has 0 saturated carbocycles. The first kappa shape index (κ1) is 18.4. The minimum absolute atomic E-state index is 0.0456. The van der Waals surface area contributed by atoms with Crippen molar-refractivity contribution in [3.8, 4) is 0 Å². The monoisotopic (exact) mass is 347 g/mol. The van der Waals surface area contributed by atoms with E-state index < -0.39 is 0 Å². The molecule has 0 fully saturated rings. The molecule has 0 aliphatic heterocycles. The van der Waals surface area contributed by atoms with Crippen molar-refractivity contribution in [1.29, 1.82) is 0 Å². The molecule has 6 heteroatoms. The molecule has 1 aromatic heterocycles. The van der Waals surface area contributed by atoms with Crippen molar-refractivity contribution in [2.24, 2.45) is 0 Å². The lowest BCUT2D eigenvalue weighted by molar-refractivity contribution is 0.0657. The van der Waals surface area contributed by atoms with E-state index in [1.54, 1.807) is 17.5 Å². The predicted molar refractivity (Wildman–Crippen MR) is 96.9 cm³/mol. The molecule has 2 N–H and O–H groups in total. The van der Waals surface area contributed by atoms with Gasteiger partial charge in [0.25, 0.3) is 0 Å². The van der Waals surface area contributed by atoms with Crippen LogP contribution in [0.1, 0.15) is 49.4 Å². The van der Waals surface area contributed by atoms with Gasteiger partial charge in [0.1, 0.15) is 5.01 Å². The Balaban J connectivity index is 1.84. The number of ether oxygens (including phenoxy) is 1. The first-order valence-electron chi connectivity index (χ1n) is 8.21. The maximum atomic E-state index is 12.1. The van der Waals surface area contributed by atoms with Gasteiger partial charge < -0.3 is 15.4 Å². The molecule has 1 atom stereocenters. The normalized spacial score (nSPS) is 12.2. The lowest BCUT2D eigenvalue weighted by Crippen LogP contribution is -2.37. The van der Waals surface area contributed by atoms with Crippen LogP contribution in [0.4, 0.5) is 4.79 Å². The second kappa shape index (κ2) is 9.39. The van der Waals surface area contributed by atoms with Gasteiger partial charge in [-0.05, 0) is 31.4 Å². The van der Waals surface area contributed by atoms with Gasteiger partial charge in [0.05, 0.1) is 18.8 Å². The Morgan fingerprint density at radius 1 is 1.33 bits per heavy atom. The van der Waals surface area contributed by atoms with Crippen molar-refractivity contribution in [2.75, 3.05) is 0 Å². The predicted octanol–water partition coefficient (Wildman–Crippen LogP) is 4.02. The Hall–Kier alpha value is -1.92. The third-order valence-corrected chi connectivity index (χ3v) is 4.38. The second-order valence-electron chi connectivity index (χ2n) is 5.84. The zero-order valence-electron chi connectivity index (χ0n) is 14.4. The van der Waals surface area contributed by atoms with Crippen LogP contribution in [-0.2, 0) is 17.9 Å². The first-order chi connectivity index (χ1) is 11.6. The van der Waals surface area contributed by atoms with Gasteiger partial charge in [0.15, 0.2) is 0 Å². The quantitative estimate of drug-likeness (QED) is 0.758. The third-order valence-electron chi connectivity index (χ3n) is 3.49. The van der Waals surface area contributed by atoms with Gasteiger partial charge in [-0.3, -0.25) is 0 Å². The largest absolute Gasteiger partial charge is 0.374 e. The highest BCUT2D eigenvalue weighted by atomic mass is 32.1. The summed E-state index contributed by atoms with van der Waals surface area (Å²) in [4.78, 5) is 16.4. The molecule has 0 bridgehead atoms. The molecule has 2 aromatic rings. The van der Waals surface area contributed by atoms with Crippen LogP contribution in [-0.4, -0.2) is 17.1 Å². The molecule has 1 heterocycles. The molecule has 2 rings (SSSR count). The van der Waals surface area contributed by atoms with Gasteiger partial charge in [0, 0.05) is 18.1 Å². The topological polar surface area (TPSA) is 63.2 Å². The average Bonchev–Trinajstić information content (AvgIpc) is 3.11. The third kappa shape index (κ3) is 5.94. The van der Waals surface area contributed by atoms with Crippen LogP contribution in [0, 0.1) is 0 Å². The summed E-state index contributed by atoms with van der Waals surface area (Å²) >= 11 is 1.55. The van der Waals surface area contributed by atoms with E-state index in [4.69, 9.17) is 4.74 Å². The summed E-state index contributed by atoms with van der Waals surface area (Å²) < 4.78 is 5.61. The number of benzene rings is 1. The SMILES string of the molecule is CC[C@H](NC(=O)NCc1cccc(COC(C)C)c1)c1nccs1. The minimum atomic E-state index is -0.180. The van der Waals surface area contributed by atoms with Crippen LogP contribution in [0.2, 0.25) is 0 Å². The van der Waals surface area contributed by atoms with Crippen molar-refractivity contribution in [3.63, 3.8) is 0 Å². The summed E-state index contributed by atoms with van der Waals surface area (Å²) in [6.45, 7) is 7.13. The Bertz CT molecular complexity index is 629. The maximum absolute atomic E-state index is 12.1. The fourth-order valence-corrected chi connectivity index (χ4v) is 3.00. The van der Waals surface area contributed by atoms with E-state index in [-0.39, 0.29) is 18.2 Å². The fourth-order valence-electron chi connectivity index (χ4n) is 2.23. The van der Waals surface area contributed by atoms with Crippen LogP contribution in [0.3, 0.4) is 0 Å². The van der Waals surface area contributed by atoms with E-state index in [1.165, 1.54) is 0 Å². The average molecular weight is 347 g/mol. The maximum Gasteiger partial charge on any atom is 0.315 e. The molecule has 0 aliphatic rings. The molecule has 2 amide bonds. The molecule has 0 saturated heterocycles. The summed E-state index contributed by atoms with van der Waals surface area (Å²) in [5.74, 6) is 0. The summed E-state index contributed by atoms with van der Waals surface area (Å²) in [5.41, 5.74) is 2.16. The summed E-state index contributed by atoms with van der Waals surface area (Å²) in [5, 5.41) is 8.72. The zero-order chi connectivity index (χ0) is 17.4. The number of urea groups is 1. The summed E-state index contributed by atoms with van der Waals surface area (Å²) in [6, 6.07) is 7.84. The van der Waals surface area contributed by atoms with Gasteiger partial charge in [-0.2, -0.15) is 0 Å². The van der Waals surface area contributed by atoms with E-state index in [1.807, 2.05) is 44.4 Å². The number of aromatic nitrogens is 1. The number of carbonyl (C=O) groups is 1. The van der Waals surface area contributed by atoms with Crippen LogP contribution in [0.25, 0.3) is 0 Å². The van der Waals surface area contributed by atoms with Gasteiger partial charge in [0.2, 0.25) is 0 Å². The number of hydrogen-bond acceptors (Lipinski definition) is 4. The molecule has 130 valence electrons.